The van der Waals surface area contributed by atoms with Gasteiger partial charge in [0.2, 0.25) is 11.8 Å². The molecule has 1 aromatic rings. The number of nitrogens with zero attached hydrogens (tertiary/aromatic N) is 2. The first-order valence-corrected chi connectivity index (χ1v) is 4.53. The van der Waals surface area contributed by atoms with Crippen molar-refractivity contribution in [2.24, 2.45) is 0 Å². The average molecular weight is 193 g/mol. The van der Waals surface area contributed by atoms with Crippen molar-refractivity contribution in [3.05, 3.63) is 18.6 Å². The zero-order valence-electron chi connectivity index (χ0n) is 7.64. The lowest BCUT2D eigenvalue weighted by Crippen LogP contribution is -2.31. The molecule has 74 valence electrons. The molecule has 1 saturated heterocycles. The van der Waals surface area contributed by atoms with Gasteiger partial charge in [-0.05, 0) is 6.42 Å². The van der Waals surface area contributed by atoms with Crippen LogP contribution in [0.1, 0.15) is 12.8 Å². The first kappa shape index (κ1) is 8.93. The highest BCUT2D eigenvalue weighted by Gasteiger charge is 2.20. The second-order valence-electron chi connectivity index (χ2n) is 3.16. The lowest BCUT2D eigenvalue weighted by atomic mass is 10.2. The molecule has 1 amide bonds. The summed E-state index contributed by atoms with van der Waals surface area (Å²) in [5, 5.41) is 2.81. The van der Waals surface area contributed by atoms with Gasteiger partial charge in [-0.3, -0.25) is 9.78 Å². The van der Waals surface area contributed by atoms with Crippen molar-refractivity contribution >= 4 is 5.91 Å². The summed E-state index contributed by atoms with van der Waals surface area (Å²) in [6, 6.07) is 0.115. The molecule has 1 atom stereocenters. The second kappa shape index (κ2) is 4.04. The van der Waals surface area contributed by atoms with Gasteiger partial charge in [0.05, 0.1) is 12.2 Å². The number of hydrogen-bond donors (Lipinski definition) is 1. The monoisotopic (exact) mass is 193 g/mol. The quantitative estimate of drug-likeness (QED) is 0.741. The fraction of sp³-hybridized carbons (Fsp3) is 0.444. The summed E-state index contributed by atoms with van der Waals surface area (Å²) in [5.74, 6) is 0.589. The topological polar surface area (TPSA) is 64.1 Å². The van der Waals surface area contributed by atoms with Crippen LogP contribution in [-0.4, -0.2) is 28.5 Å². The second-order valence-corrected chi connectivity index (χ2v) is 3.16. The van der Waals surface area contributed by atoms with E-state index >= 15 is 0 Å². The molecular formula is C9H11N3O2. The number of carbonyl (C=O) groups excluding carboxylic acids is 1. The Morgan fingerprint density at radius 2 is 2.50 bits per heavy atom. The van der Waals surface area contributed by atoms with Crippen LogP contribution in [0.25, 0.3) is 0 Å². The molecule has 5 heteroatoms. The van der Waals surface area contributed by atoms with E-state index in [0.29, 0.717) is 18.9 Å². The van der Waals surface area contributed by atoms with Crippen molar-refractivity contribution in [1.29, 1.82) is 0 Å². The third-order valence-corrected chi connectivity index (χ3v) is 2.06. The molecule has 1 aliphatic rings. The van der Waals surface area contributed by atoms with Gasteiger partial charge in [-0.25, -0.2) is 4.98 Å². The highest BCUT2D eigenvalue weighted by molar-refractivity contribution is 5.78. The first-order valence-electron chi connectivity index (χ1n) is 4.53. The smallest absolute Gasteiger partial charge is 0.232 e. The number of hydrogen-bond acceptors (Lipinski definition) is 4. The third kappa shape index (κ3) is 2.18. The fourth-order valence-electron chi connectivity index (χ4n) is 1.35. The van der Waals surface area contributed by atoms with Crippen LogP contribution in [-0.2, 0) is 4.79 Å². The summed E-state index contributed by atoms with van der Waals surface area (Å²) >= 11 is 0. The molecule has 0 bridgehead atoms. The van der Waals surface area contributed by atoms with Crippen molar-refractivity contribution in [3.8, 4) is 5.88 Å². The van der Waals surface area contributed by atoms with E-state index < -0.39 is 0 Å². The maximum absolute atomic E-state index is 10.9. The predicted octanol–water partition coefficient (Wildman–Crippen LogP) is 0.134. The standard InChI is InChI=1S/C9H11N3O2/c13-8-2-1-7(12-8)6-14-9-5-10-3-4-11-9/h3-5,7H,1-2,6H2,(H,12,13). The summed E-state index contributed by atoms with van der Waals surface area (Å²) in [4.78, 5) is 18.7. The Bertz CT molecular complexity index is 315. The Morgan fingerprint density at radius 1 is 1.57 bits per heavy atom. The minimum Gasteiger partial charge on any atom is -0.474 e. The van der Waals surface area contributed by atoms with Crippen molar-refractivity contribution in [1.82, 2.24) is 15.3 Å². The van der Waals surface area contributed by atoms with Crippen molar-refractivity contribution in [2.45, 2.75) is 18.9 Å². The van der Waals surface area contributed by atoms with Gasteiger partial charge in [0.25, 0.3) is 0 Å². The highest BCUT2D eigenvalue weighted by atomic mass is 16.5. The highest BCUT2D eigenvalue weighted by Crippen LogP contribution is 2.08. The van der Waals surface area contributed by atoms with Crippen LogP contribution in [0.4, 0.5) is 0 Å². The zero-order chi connectivity index (χ0) is 9.80. The van der Waals surface area contributed by atoms with Gasteiger partial charge in [-0.2, -0.15) is 0 Å². The summed E-state index contributed by atoms with van der Waals surface area (Å²) < 4.78 is 5.35. The van der Waals surface area contributed by atoms with Gasteiger partial charge in [0.15, 0.2) is 0 Å². The number of nitrogens with one attached hydrogen (secondary N) is 1. The molecular weight excluding hydrogens is 182 g/mol. The van der Waals surface area contributed by atoms with Crippen molar-refractivity contribution in [3.63, 3.8) is 0 Å². The molecule has 0 radical (unpaired) electrons. The number of carbonyl (C=O) groups is 1. The number of rotatable bonds is 3. The fourth-order valence-corrected chi connectivity index (χ4v) is 1.35. The van der Waals surface area contributed by atoms with Crippen LogP contribution < -0.4 is 10.1 Å². The maximum Gasteiger partial charge on any atom is 0.232 e. The van der Waals surface area contributed by atoms with E-state index in [1.54, 1.807) is 18.6 Å². The normalized spacial score (nSPS) is 20.6. The zero-order valence-corrected chi connectivity index (χ0v) is 7.64. The van der Waals surface area contributed by atoms with Gasteiger partial charge in [-0.1, -0.05) is 0 Å². The minimum absolute atomic E-state index is 0.0951. The summed E-state index contributed by atoms with van der Waals surface area (Å²) in [6.07, 6.45) is 6.14. The largest absolute Gasteiger partial charge is 0.474 e. The Labute approximate surface area is 81.5 Å². The lowest BCUT2D eigenvalue weighted by molar-refractivity contribution is -0.119. The van der Waals surface area contributed by atoms with E-state index in [-0.39, 0.29) is 11.9 Å². The Kier molecular flexibility index (Phi) is 2.58. The molecule has 0 spiro atoms. The molecule has 1 unspecified atom stereocenters. The van der Waals surface area contributed by atoms with Gasteiger partial charge >= 0.3 is 0 Å². The van der Waals surface area contributed by atoms with Crippen LogP contribution in [0.15, 0.2) is 18.6 Å². The van der Waals surface area contributed by atoms with Gasteiger partial charge in [0.1, 0.15) is 6.61 Å². The number of ether oxygens (including phenoxy) is 1. The van der Waals surface area contributed by atoms with Gasteiger partial charge in [0, 0.05) is 18.8 Å². The number of aromatic nitrogens is 2. The van der Waals surface area contributed by atoms with E-state index in [1.165, 1.54) is 0 Å². The molecule has 2 rings (SSSR count). The summed E-state index contributed by atoms with van der Waals surface area (Å²) in [6.45, 7) is 0.463. The maximum atomic E-state index is 10.9. The molecule has 1 N–H and O–H groups in total. The molecule has 1 fully saturated rings. The Balaban J connectivity index is 1.80. The van der Waals surface area contributed by atoms with Gasteiger partial charge in [-0.15, -0.1) is 0 Å². The summed E-state index contributed by atoms with van der Waals surface area (Å²) in [5.41, 5.74) is 0. The summed E-state index contributed by atoms with van der Waals surface area (Å²) in [7, 11) is 0. The molecule has 0 aliphatic carbocycles. The first-order chi connectivity index (χ1) is 6.84. The van der Waals surface area contributed by atoms with Crippen LogP contribution in [0.3, 0.4) is 0 Å². The molecule has 14 heavy (non-hydrogen) atoms. The van der Waals surface area contributed by atoms with Crippen LogP contribution in [0, 0.1) is 0 Å². The van der Waals surface area contributed by atoms with Crippen LogP contribution in [0.2, 0.25) is 0 Å². The molecule has 2 heterocycles. The van der Waals surface area contributed by atoms with E-state index in [0.717, 1.165) is 6.42 Å². The molecule has 0 aromatic carbocycles. The predicted molar refractivity (Wildman–Crippen MR) is 48.7 cm³/mol. The molecule has 1 aromatic heterocycles. The van der Waals surface area contributed by atoms with Crippen LogP contribution in [0.5, 0.6) is 5.88 Å². The molecule has 0 saturated carbocycles. The van der Waals surface area contributed by atoms with E-state index in [1.807, 2.05) is 0 Å². The molecule has 5 nitrogen and oxygen atoms in total. The van der Waals surface area contributed by atoms with E-state index in [9.17, 15) is 4.79 Å². The Morgan fingerprint density at radius 3 is 3.14 bits per heavy atom. The third-order valence-electron chi connectivity index (χ3n) is 2.06. The van der Waals surface area contributed by atoms with E-state index in [2.05, 4.69) is 15.3 Å². The van der Waals surface area contributed by atoms with Gasteiger partial charge < -0.3 is 10.1 Å². The van der Waals surface area contributed by atoms with Crippen molar-refractivity contribution < 1.29 is 9.53 Å². The van der Waals surface area contributed by atoms with Crippen LogP contribution >= 0.6 is 0 Å². The average Bonchev–Trinajstić information content (AvgIpc) is 2.63. The SMILES string of the molecule is O=C1CCC(COc2cnccn2)N1. The number of amides is 1. The Hall–Kier alpha value is -1.65. The lowest BCUT2D eigenvalue weighted by Gasteiger charge is -2.10. The minimum atomic E-state index is 0.0951. The van der Waals surface area contributed by atoms with Crippen molar-refractivity contribution in [2.75, 3.05) is 6.61 Å². The van der Waals surface area contributed by atoms with E-state index in [4.69, 9.17) is 4.74 Å². The molecule has 1 aliphatic heterocycles.